The van der Waals surface area contributed by atoms with Gasteiger partial charge in [0.2, 0.25) is 5.91 Å². The first-order chi connectivity index (χ1) is 12.4. The zero-order valence-corrected chi connectivity index (χ0v) is 14.9. The lowest BCUT2D eigenvalue weighted by Gasteiger charge is -2.18. The highest BCUT2D eigenvalue weighted by Crippen LogP contribution is 2.17. The van der Waals surface area contributed by atoms with Gasteiger partial charge >= 0.3 is 0 Å². The maximum Gasteiger partial charge on any atom is 0.248 e. The fourth-order valence-electron chi connectivity index (χ4n) is 2.48. The number of hydrogen-bond donors (Lipinski definition) is 4. The van der Waals surface area contributed by atoms with Crippen LogP contribution in [0.4, 0.5) is 0 Å². The van der Waals surface area contributed by atoms with Gasteiger partial charge in [-0.25, -0.2) is 0 Å². The summed E-state index contributed by atoms with van der Waals surface area (Å²) in [6.07, 6.45) is 1.12. The third-order valence-corrected chi connectivity index (χ3v) is 4.07. The number of nitrogens with two attached hydrogens (primary N) is 1. The van der Waals surface area contributed by atoms with Crippen LogP contribution in [-0.4, -0.2) is 41.4 Å². The van der Waals surface area contributed by atoms with Crippen LogP contribution < -0.4 is 15.8 Å². The van der Waals surface area contributed by atoms with Crippen LogP contribution in [0.15, 0.2) is 48.5 Å². The van der Waals surface area contributed by atoms with Crippen LogP contribution in [0.1, 0.15) is 29.3 Å². The summed E-state index contributed by atoms with van der Waals surface area (Å²) in [5, 5.41) is 22.7. The summed E-state index contributed by atoms with van der Waals surface area (Å²) < 4.78 is 5.45. The Morgan fingerprint density at radius 1 is 1.23 bits per heavy atom. The highest BCUT2D eigenvalue weighted by atomic mass is 16.5. The summed E-state index contributed by atoms with van der Waals surface area (Å²) in [6.45, 7) is 2.62. The average Bonchev–Trinajstić information content (AvgIpc) is 2.63. The number of phenols is 1. The summed E-state index contributed by atoms with van der Waals surface area (Å²) in [5.41, 5.74) is 6.87. The van der Waals surface area contributed by atoms with Crippen LogP contribution in [0, 0.1) is 0 Å². The van der Waals surface area contributed by atoms with E-state index in [0.717, 1.165) is 18.4 Å². The number of phenolic OH excluding ortho intramolecular Hbond substituents is 1. The zero-order valence-electron chi connectivity index (χ0n) is 14.9. The lowest BCUT2D eigenvalue weighted by atomic mass is 10.0. The van der Waals surface area contributed by atoms with Crippen molar-refractivity contribution in [1.29, 1.82) is 0 Å². The Kier molecular flexibility index (Phi) is 7.44. The van der Waals surface area contributed by atoms with Crippen molar-refractivity contribution in [1.82, 2.24) is 5.32 Å². The molecule has 2 rings (SSSR count). The maximum atomic E-state index is 11.1. The molecule has 0 fully saturated rings. The van der Waals surface area contributed by atoms with Gasteiger partial charge in [0.1, 0.15) is 24.2 Å². The Balaban J connectivity index is 1.66. The second kappa shape index (κ2) is 9.79. The highest BCUT2D eigenvalue weighted by molar-refractivity contribution is 5.92. The van der Waals surface area contributed by atoms with Gasteiger partial charge in [-0.15, -0.1) is 0 Å². The molecule has 140 valence electrons. The lowest BCUT2D eigenvalue weighted by Crippen LogP contribution is -2.36. The Bertz CT molecular complexity index is 703. The molecule has 5 N–H and O–H groups in total. The molecule has 0 radical (unpaired) electrons. The number of nitrogens with one attached hydrogen (secondary N) is 1. The predicted octanol–water partition coefficient (Wildman–Crippen LogP) is 1.84. The standard InChI is InChI=1S/C20H26N2O4/c1-14(5-6-15-7-9-16(10-8-15)20(21)25)22-12-18(24)13-26-19-4-2-3-17(23)11-19/h2-4,7-11,14,18,22-24H,5-6,12-13H2,1H3,(H2,21,25)/t14-,18+/m1/s1. The molecule has 0 unspecified atom stereocenters. The predicted molar refractivity (Wildman–Crippen MR) is 100 cm³/mol. The number of ether oxygens (including phenoxy) is 1. The molecule has 6 heteroatoms. The second-order valence-electron chi connectivity index (χ2n) is 6.37. The van der Waals surface area contributed by atoms with E-state index >= 15 is 0 Å². The molecule has 0 spiro atoms. The van der Waals surface area contributed by atoms with E-state index in [0.29, 0.717) is 17.9 Å². The number of benzene rings is 2. The Morgan fingerprint density at radius 3 is 2.62 bits per heavy atom. The molecule has 0 aliphatic rings. The van der Waals surface area contributed by atoms with Crippen LogP contribution in [0.3, 0.4) is 0 Å². The number of amides is 1. The van der Waals surface area contributed by atoms with Gasteiger partial charge in [-0.1, -0.05) is 18.2 Å². The number of primary amides is 1. The largest absolute Gasteiger partial charge is 0.508 e. The van der Waals surface area contributed by atoms with Gasteiger partial charge in [-0.2, -0.15) is 0 Å². The van der Waals surface area contributed by atoms with Crippen molar-refractivity contribution in [3.05, 3.63) is 59.7 Å². The topological polar surface area (TPSA) is 105 Å². The van der Waals surface area contributed by atoms with E-state index in [1.165, 1.54) is 6.07 Å². The van der Waals surface area contributed by atoms with Gasteiger partial charge < -0.3 is 26.0 Å². The van der Waals surface area contributed by atoms with E-state index in [9.17, 15) is 15.0 Å². The fourth-order valence-corrected chi connectivity index (χ4v) is 2.48. The molecule has 2 aromatic rings. The fraction of sp³-hybridized carbons (Fsp3) is 0.350. The number of aliphatic hydroxyl groups is 1. The van der Waals surface area contributed by atoms with Crippen molar-refractivity contribution in [2.75, 3.05) is 13.2 Å². The SMILES string of the molecule is C[C@H](CCc1ccc(C(N)=O)cc1)NC[C@H](O)COc1cccc(O)c1. The van der Waals surface area contributed by atoms with E-state index < -0.39 is 12.0 Å². The summed E-state index contributed by atoms with van der Waals surface area (Å²) in [5.74, 6) is 0.234. The first-order valence-electron chi connectivity index (χ1n) is 8.66. The van der Waals surface area contributed by atoms with E-state index in [1.807, 2.05) is 12.1 Å². The molecule has 6 nitrogen and oxygen atoms in total. The number of carbonyl (C=O) groups is 1. The first-order valence-corrected chi connectivity index (χ1v) is 8.66. The minimum Gasteiger partial charge on any atom is -0.508 e. The van der Waals surface area contributed by atoms with Crippen molar-refractivity contribution in [3.63, 3.8) is 0 Å². The van der Waals surface area contributed by atoms with Crippen LogP contribution in [0.5, 0.6) is 11.5 Å². The van der Waals surface area contributed by atoms with Crippen LogP contribution in [0.2, 0.25) is 0 Å². The van der Waals surface area contributed by atoms with Crippen LogP contribution >= 0.6 is 0 Å². The van der Waals surface area contributed by atoms with Gasteiger partial charge in [-0.05, 0) is 49.6 Å². The van der Waals surface area contributed by atoms with E-state index in [4.69, 9.17) is 10.5 Å². The van der Waals surface area contributed by atoms with E-state index in [2.05, 4.69) is 12.2 Å². The smallest absolute Gasteiger partial charge is 0.248 e. The van der Waals surface area contributed by atoms with Crippen molar-refractivity contribution in [3.8, 4) is 11.5 Å². The number of carbonyl (C=O) groups excluding carboxylic acids is 1. The Labute approximate surface area is 153 Å². The summed E-state index contributed by atoms with van der Waals surface area (Å²) in [7, 11) is 0. The highest BCUT2D eigenvalue weighted by Gasteiger charge is 2.09. The van der Waals surface area contributed by atoms with Crippen molar-refractivity contribution < 1.29 is 19.7 Å². The van der Waals surface area contributed by atoms with E-state index in [1.54, 1.807) is 30.3 Å². The molecule has 26 heavy (non-hydrogen) atoms. The quantitative estimate of drug-likeness (QED) is 0.519. The molecular weight excluding hydrogens is 332 g/mol. The molecule has 0 aromatic heterocycles. The number of rotatable bonds is 10. The number of aryl methyl sites for hydroxylation is 1. The lowest BCUT2D eigenvalue weighted by molar-refractivity contribution is 0.1000. The Hall–Kier alpha value is -2.57. The average molecular weight is 358 g/mol. The molecule has 1 amide bonds. The molecular formula is C20H26N2O4. The monoisotopic (exact) mass is 358 g/mol. The van der Waals surface area contributed by atoms with Gasteiger partial charge in [0.05, 0.1) is 0 Å². The molecule has 2 atom stereocenters. The summed E-state index contributed by atoms with van der Waals surface area (Å²) in [6, 6.07) is 14.0. The summed E-state index contributed by atoms with van der Waals surface area (Å²) >= 11 is 0. The molecule has 0 aliphatic carbocycles. The second-order valence-corrected chi connectivity index (χ2v) is 6.37. The third kappa shape index (κ3) is 6.74. The molecule has 0 heterocycles. The molecule has 2 aromatic carbocycles. The van der Waals surface area contributed by atoms with Gasteiger partial charge in [-0.3, -0.25) is 4.79 Å². The van der Waals surface area contributed by atoms with E-state index in [-0.39, 0.29) is 18.4 Å². The molecule has 0 aliphatic heterocycles. The Morgan fingerprint density at radius 2 is 1.96 bits per heavy atom. The molecule has 0 saturated heterocycles. The third-order valence-electron chi connectivity index (χ3n) is 4.07. The number of aliphatic hydroxyl groups excluding tert-OH is 1. The molecule has 0 saturated carbocycles. The number of hydrogen-bond acceptors (Lipinski definition) is 5. The minimum absolute atomic E-state index is 0.132. The van der Waals surface area contributed by atoms with Gasteiger partial charge in [0.15, 0.2) is 0 Å². The normalized spacial score (nSPS) is 13.2. The van der Waals surface area contributed by atoms with Crippen LogP contribution in [0.25, 0.3) is 0 Å². The van der Waals surface area contributed by atoms with Gasteiger partial charge in [0.25, 0.3) is 0 Å². The zero-order chi connectivity index (χ0) is 18.9. The van der Waals surface area contributed by atoms with Crippen molar-refractivity contribution in [2.24, 2.45) is 5.73 Å². The molecule has 0 bridgehead atoms. The van der Waals surface area contributed by atoms with Crippen molar-refractivity contribution in [2.45, 2.75) is 31.9 Å². The maximum absolute atomic E-state index is 11.1. The van der Waals surface area contributed by atoms with Crippen molar-refractivity contribution >= 4 is 5.91 Å². The van der Waals surface area contributed by atoms with Gasteiger partial charge in [0, 0.05) is 24.2 Å². The minimum atomic E-state index is -0.644. The van der Waals surface area contributed by atoms with Crippen LogP contribution in [-0.2, 0) is 6.42 Å². The first kappa shape index (κ1) is 19.8. The summed E-state index contributed by atoms with van der Waals surface area (Å²) in [4.78, 5) is 11.1. The number of aromatic hydroxyl groups is 1.